The van der Waals surface area contributed by atoms with Gasteiger partial charge in [-0.15, -0.1) is 0 Å². The maximum Gasteiger partial charge on any atom is 0.496 e. The fraction of sp³-hybridized carbons (Fsp3) is 0.650. The molecule has 0 radical (unpaired) electrons. The first-order valence-corrected chi connectivity index (χ1v) is 11.4. The average Bonchev–Trinajstić information content (AvgIpc) is 3.34. The van der Waals surface area contributed by atoms with E-state index in [2.05, 4.69) is 5.32 Å². The molecule has 1 saturated carbocycles. The van der Waals surface area contributed by atoms with Crippen LogP contribution in [0.5, 0.6) is 0 Å². The topological polar surface area (TPSA) is 90.9 Å². The number of carbonyl (C=O) groups is 1. The van der Waals surface area contributed by atoms with Gasteiger partial charge in [0.1, 0.15) is 5.60 Å². The van der Waals surface area contributed by atoms with E-state index in [9.17, 15) is 13.2 Å². The first-order chi connectivity index (χ1) is 13.1. The molecule has 0 aromatic heterocycles. The molecule has 1 aliphatic carbocycles. The van der Waals surface area contributed by atoms with Gasteiger partial charge in [-0.25, -0.2) is 13.2 Å². The Labute approximate surface area is 173 Å². The summed E-state index contributed by atoms with van der Waals surface area (Å²) in [5.41, 5.74) is -1.04. The van der Waals surface area contributed by atoms with Crippen molar-refractivity contribution in [3.05, 3.63) is 18.2 Å². The maximum absolute atomic E-state index is 13.1. The zero-order valence-electron chi connectivity index (χ0n) is 18.2. The van der Waals surface area contributed by atoms with E-state index in [1.165, 1.54) is 6.07 Å². The summed E-state index contributed by atoms with van der Waals surface area (Å²) in [5, 5.41) is 2.21. The summed E-state index contributed by atoms with van der Waals surface area (Å²) in [6.45, 7) is 13.0. The molecule has 160 valence electrons. The molecular weight excluding hydrogens is 393 g/mol. The zero-order chi connectivity index (χ0) is 21.8. The monoisotopic (exact) mass is 423 g/mol. The smallest absolute Gasteiger partial charge is 0.444 e. The second-order valence-electron chi connectivity index (χ2n) is 9.71. The molecule has 1 aromatic rings. The Hall–Kier alpha value is -1.58. The highest BCUT2D eigenvalue weighted by atomic mass is 32.2. The Kier molecular flexibility index (Phi) is 5.33. The number of anilines is 1. The fourth-order valence-corrected chi connectivity index (χ4v) is 4.90. The maximum atomic E-state index is 13.1. The molecule has 0 atom stereocenters. The van der Waals surface area contributed by atoms with Gasteiger partial charge in [-0.05, 0) is 73.4 Å². The van der Waals surface area contributed by atoms with Crippen LogP contribution in [-0.4, -0.2) is 43.7 Å². The SMILES string of the molecule is CC(C)(C)OC(=O)Nc1ccc(B2OC(C)(C)C(C)(C)O2)c(S(=O)(=O)C2CC2)c1. The molecule has 7 nitrogen and oxygen atoms in total. The predicted octanol–water partition coefficient (Wildman–Crippen LogP) is 3.27. The molecule has 0 bridgehead atoms. The third-order valence-electron chi connectivity index (χ3n) is 5.44. The molecule has 1 amide bonds. The van der Waals surface area contributed by atoms with Crippen LogP contribution in [0.3, 0.4) is 0 Å². The van der Waals surface area contributed by atoms with Gasteiger partial charge in [-0.3, -0.25) is 5.32 Å². The molecule has 3 rings (SSSR count). The van der Waals surface area contributed by atoms with E-state index in [-0.39, 0.29) is 4.90 Å². The molecule has 1 N–H and O–H groups in total. The van der Waals surface area contributed by atoms with Crippen LogP contribution in [0.25, 0.3) is 0 Å². The van der Waals surface area contributed by atoms with Gasteiger partial charge in [0.15, 0.2) is 9.84 Å². The van der Waals surface area contributed by atoms with E-state index in [4.69, 9.17) is 14.0 Å². The third-order valence-corrected chi connectivity index (χ3v) is 7.75. The lowest BCUT2D eigenvalue weighted by atomic mass is 9.79. The van der Waals surface area contributed by atoms with Crippen LogP contribution in [-0.2, 0) is 23.9 Å². The summed E-state index contributed by atoms with van der Waals surface area (Å²) >= 11 is 0. The van der Waals surface area contributed by atoms with E-state index < -0.39 is 45.1 Å². The number of amides is 1. The van der Waals surface area contributed by atoms with Crippen LogP contribution in [0, 0.1) is 0 Å². The highest BCUT2D eigenvalue weighted by Crippen LogP contribution is 2.39. The molecule has 0 spiro atoms. The number of ether oxygens (including phenoxy) is 1. The quantitative estimate of drug-likeness (QED) is 0.748. The molecule has 9 heteroatoms. The van der Waals surface area contributed by atoms with Crippen molar-refractivity contribution < 1.29 is 27.3 Å². The summed E-state index contributed by atoms with van der Waals surface area (Å²) in [4.78, 5) is 12.2. The lowest BCUT2D eigenvalue weighted by Crippen LogP contribution is -2.41. The highest BCUT2D eigenvalue weighted by molar-refractivity contribution is 7.92. The third kappa shape index (κ3) is 4.62. The van der Waals surface area contributed by atoms with E-state index in [0.717, 1.165) is 0 Å². The fourth-order valence-electron chi connectivity index (χ4n) is 3.00. The Balaban J connectivity index is 1.96. The van der Waals surface area contributed by atoms with Crippen molar-refractivity contribution >= 4 is 34.2 Å². The van der Waals surface area contributed by atoms with Crippen molar-refractivity contribution in [3.8, 4) is 0 Å². The van der Waals surface area contributed by atoms with Gasteiger partial charge in [0.2, 0.25) is 0 Å². The first-order valence-electron chi connectivity index (χ1n) is 9.86. The molecule has 1 aliphatic heterocycles. The Morgan fingerprint density at radius 3 is 2.17 bits per heavy atom. The summed E-state index contributed by atoms with van der Waals surface area (Å²) in [5.74, 6) is 0. The highest BCUT2D eigenvalue weighted by Gasteiger charge is 2.53. The summed E-state index contributed by atoms with van der Waals surface area (Å²) in [7, 11) is -4.36. The number of rotatable bonds is 4. The van der Waals surface area contributed by atoms with Gasteiger partial charge in [-0.1, -0.05) is 6.07 Å². The van der Waals surface area contributed by atoms with Gasteiger partial charge in [0, 0.05) is 11.2 Å². The summed E-state index contributed by atoms with van der Waals surface area (Å²) in [6, 6.07) is 4.75. The molecule has 29 heavy (non-hydrogen) atoms. The molecule has 2 fully saturated rings. The van der Waals surface area contributed by atoms with Crippen LogP contribution in [0.4, 0.5) is 10.5 Å². The van der Waals surface area contributed by atoms with Crippen LogP contribution in [0.15, 0.2) is 23.1 Å². The van der Waals surface area contributed by atoms with Gasteiger partial charge < -0.3 is 14.0 Å². The Morgan fingerprint density at radius 2 is 1.69 bits per heavy atom. The average molecular weight is 423 g/mol. The van der Waals surface area contributed by atoms with Crippen LogP contribution < -0.4 is 10.8 Å². The molecular formula is C20H30BNO6S. The van der Waals surface area contributed by atoms with Crippen LogP contribution in [0.1, 0.15) is 61.3 Å². The second-order valence-corrected chi connectivity index (χ2v) is 11.9. The normalized spacial score (nSPS) is 21.1. The van der Waals surface area contributed by atoms with Gasteiger partial charge >= 0.3 is 13.2 Å². The molecule has 1 aromatic carbocycles. The minimum atomic E-state index is -3.55. The zero-order valence-corrected chi connectivity index (χ0v) is 19.0. The summed E-state index contributed by atoms with van der Waals surface area (Å²) in [6.07, 6.45) is 0.625. The first kappa shape index (κ1) is 22.1. The van der Waals surface area contributed by atoms with E-state index in [1.54, 1.807) is 32.9 Å². The molecule has 1 saturated heterocycles. The van der Waals surface area contributed by atoms with E-state index in [1.807, 2.05) is 27.7 Å². The van der Waals surface area contributed by atoms with Crippen molar-refractivity contribution in [2.75, 3.05) is 5.32 Å². The number of hydrogen-bond acceptors (Lipinski definition) is 6. The number of sulfone groups is 1. The molecule has 0 unspecified atom stereocenters. The van der Waals surface area contributed by atoms with Gasteiger partial charge in [0.25, 0.3) is 0 Å². The standard InChI is InChI=1S/C20H30BNO6S/c1-18(2,3)26-17(23)22-13-8-11-15(16(12-13)29(24,25)14-9-10-14)21-27-19(4,5)20(6,7)28-21/h8,11-12,14H,9-10H2,1-7H3,(H,22,23). The van der Waals surface area contributed by atoms with Crippen molar-refractivity contribution in [1.29, 1.82) is 0 Å². The minimum Gasteiger partial charge on any atom is -0.444 e. The number of carbonyl (C=O) groups excluding carboxylic acids is 1. The lowest BCUT2D eigenvalue weighted by Gasteiger charge is -2.32. The number of hydrogen-bond donors (Lipinski definition) is 1. The lowest BCUT2D eigenvalue weighted by molar-refractivity contribution is 0.00578. The Bertz CT molecular complexity index is 899. The van der Waals surface area contributed by atoms with Crippen LogP contribution in [0.2, 0.25) is 0 Å². The van der Waals surface area contributed by atoms with E-state index in [0.29, 0.717) is 24.0 Å². The molecule has 1 heterocycles. The number of nitrogens with one attached hydrogen (secondary N) is 1. The van der Waals surface area contributed by atoms with Crippen molar-refractivity contribution in [3.63, 3.8) is 0 Å². The summed E-state index contributed by atoms with van der Waals surface area (Å²) < 4.78 is 43.6. The van der Waals surface area contributed by atoms with Gasteiger partial charge in [0.05, 0.1) is 21.3 Å². The van der Waals surface area contributed by atoms with Crippen molar-refractivity contribution in [2.45, 2.75) is 88.3 Å². The largest absolute Gasteiger partial charge is 0.496 e. The van der Waals surface area contributed by atoms with Crippen molar-refractivity contribution in [1.82, 2.24) is 0 Å². The number of benzene rings is 1. The van der Waals surface area contributed by atoms with Gasteiger partial charge in [-0.2, -0.15) is 0 Å². The van der Waals surface area contributed by atoms with E-state index >= 15 is 0 Å². The Morgan fingerprint density at radius 1 is 1.14 bits per heavy atom. The minimum absolute atomic E-state index is 0.132. The molecule has 2 aliphatic rings. The predicted molar refractivity (Wildman–Crippen MR) is 112 cm³/mol. The second kappa shape index (κ2) is 6.99. The van der Waals surface area contributed by atoms with Crippen LogP contribution >= 0.6 is 0 Å². The van der Waals surface area contributed by atoms with Crippen molar-refractivity contribution in [2.24, 2.45) is 0 Å².